The van der Waals surface area contributed by atoms with Gasteiger partial charge in [-0.25, -0.2) is 4.98 Å². The maximum absolute atomic E-state index is 5.21. The minimum atomic E-state index is 0.551. The van der Waals surface area contributed by atoms with Gasteiger partial charge in [0, 0.05) is 17.6 Å². The number of nitrogens with one attached hydrogen (secondary N) is 2. The van der Waals surface area contributed by atoms with Crippen molar-refractivity contribution in [2.24, 2.45) is 0 Å². The van der Waals surface area contributed by atoms with E-state index in [2.05, 4.69) is 46.8 Å². The molecule has 1 aromatic heterocycles. The third kappa shape index (κ3) is 4.04. The fourth-order valence-corrected chi connectivity index (χ4v) is 2.96. The third-order valence-corrected chi connectivity index (χ3v) is 4.53. The standard InChI is InChI=1S/C23H22N4O/c1-16-7-9-17(10-8-16)15-24-22-20-5-3-4-6-21(20)26-23(27-22)25-18-11-13-19(28-2)14-12-18/h3-14H,15H2,1-2H3,(H2,24,25,26,27). The second-order valence-electron chi connectivity index (χ2n) is 6.61. The molecule has 0 saturated carbocycles. The maximum atomic E-state index is 5.21. The molecule has 0 amide bonds. The molecule has 0 aliphatic heterocycles. The molecule has 5 heteroatoms. The Kier molecular flexibility index (Phi) is 5.06. The minimum Gasteiger partial charge on any atom is -0.497 e. The smallest absolute Gasteiger partial charge is 0.229 e. The lowest BCUT2D eigenvalue weighted by molar-refractivity contribution is 0.415. The van der Waals surface area contributed by atoms with Gasteiger partial charge in [0.25, 0.3) is 0 Å². The SMILES string of the molecule is COc1ccc(Nc2nc(NCc3ccc(C)cc3)c3ccccc3n2)cc1. The summed E-state index contributed by atoms with van der Waals surface area (Å²) in [6, 6.07) is 24.2. The minimum absolute atomic E-state index is 0.551. The van der Waals surface area contributed by atoms with Crippen LogP contribution in [0.4, 0.5) is 17.5 Å². The Bertz CT molecular complexity index is 1080. The van der Waals surface area contributed by atoms with E-state index in [9.17, 15) is 0 Å². The number of para-hydroxylation sites is 1. The summed E-state index contributed by atoms with van der Waals surface area (Å²) in [5, 5.41) is 7.73. The van der Waals surface area contributed by atoms with E-state index < -0.39 is 0 Å². The first kappa shape index (κ1) is 17.8. The number of hydrogen-bond acceptors (Lipinski definition) is 5. The number of methoxy groups -OCH3 is 1. The van der Waals surface area contributed by atoms with E-state index in [1.165, 1.54) is 11.1 Å². The number of hydrogen-bond donors (Lipinski definition) is 2. The van der Waals surface area contributed by atoms with Crippen LogP contribution < -0.4 is 15.4 Å². The van der Waals surface area contributed by atoms with Gasteiger partial charge in [-0.05, 0) is 48.9 Å². The summed E-state index contributed by atoms with van der Waals surface area (Å²) < 4.78 is 5.21. The van der Waals surface area contributed by atoms with Crippen molar-refractivity contribution in [2.75, 3.05) is 17.7 Å². The Labute approximate surface area is 164 Å². The van der Waals surface area contributed by atoms with Gasteiger partial charge >= 0.3 is 0 Å². The van der Waals surface area contributed by atoms with Gasteiger partial charge in [-0.3, -0.25) is 0 Å². The number of aryl methyl sites for hydroxylation is 1. The molecule has 1 heterocycles. The molecule has 2 N–H and O–H groups in total. The van der Waals surface area contributed by atoms with Gasteiger partial charge in [0.2, 0.25) is 5.95 Å². The van der Waals surface area contributed by atoms with Crippen molar-refractivity contribution < 1.29 is 4.74 Å². The molecule has 0 atom stereocenters. The molecular weight excluding hydrogens is 348 g/mol. The van der Waals surface area contributed by atoms with Crippen LogP contribution in [0.5, 0.6) is 5.75 Å². The lowest BCUT2D eigenvalue weighted by Crippen LogP contribution is -2.05. The number of ether oxygens (including phenoxy) is 1. The topological polar surface area (TPSA) is 59.1 Å². The van der Waals surface area contributed by atoms with Gasteiger partial charge in [-0.1, -0.05) is 42.0 Å². The maximum Gasteiger partial charge on any atom is 0.229 e. The van der Waals surface area contributed by atoms with Crippen LogP contribution in [0.3, 0.4) is 0 Å². The van der Waals surface area contributed by atoms with E-state index in [1.807, 2.05) is 48.5 Å². The monoisotopic (exact) mass is 370 g/mol. The van der Waals surface area contributed by atoms with E-state index in [-0.39, 0.29) is 0 Å². The number of benzene rings is 3. The van der Waals surface area contributed by atoms with Gasteiger partial charge < -0.3 is 15.4 Å². The van der Waals surface area contributed by atoms with Crippen LogP contribution in [0.2, 0.25) is 0 Å². The molecule has 0 bridgehead atoms. The van der Waals surface area contributed by atoms with Crippen LogP contribution in [-0.4, -0.2) is 17.1 Å². The Balaban J connectivity index is 1.61. The summed E-state index contributed by atoms with van der Waals surface area (Å²) in [5.41, 5.74) is 4.25. The molecule has 0 radical (unpaired) electrons. The summed E-state index contributed by atoms with van der Waals surface area (Å²) in [6.45, 7) is 2.79. The van der Waals surface area contributed by atoms with Gasteiger partial charge in [-0.15, -0.1) is 0 Å². The first-order valence-corrected chi connectivity index (χ1v) is 9.18. The Morgan fingerprint density at radius 2 is 1.61 bits per heavy atom. The molecule has 0 fully saturated rings. The molecule has 3 aromatic carbocycles. The predicted octanol–water partition coefficient (Wildman–Crippen LogP) is 5.30. The van der Waals surface area contributed by atoms with Crippen molar-refractivity contribution in [3.05, 3.63) is 83.9 Å². The highest BCUT2D eigenvalue weighted by Crippen LogP contribution is 2.25. The molecule has 0 aliphatic carbocycles. The summed E-state index contributed by atoms with van der Waals surface area (Å²) in [4.78, 5) is 9.35. The molecule has 140 valence electrons. The summed E-state index contributed by atoms with van der Waals surface area (Å²) >= 11 is 0. The van der Waals surface area contributed by atoms with Crippen LogP contribution in [0.1, 0.15) is 11.1 Å². The highest BCUT2D eigenvalue weighted by Gasteiger charge is 2.08. The van der Waals surface area contributed by atoms with E-state index in [0.717, 1.165) is 28.2 Å². The predicted molar refractivity (Wildman–Crippen MR) is 114 cm³/mol. The zero-order valence-corrected chi connectivity index (χ0v) is 15.9. The summed E-state index contributed by atoms with van der Waals surface area (Å²) in [7, 11) is 1.65. The van der Waals surface area contributed by atoms with Gasteiger partial charge in [0.15, 0.2) is 0 Å². The fraction of sp³-hybridized carbons (Fsp3) is 0.130. The van der Waals surface area contributed by atoms with Crippen molar-refractivity contribution in [3.8, 4) is 5.75 Å². The average Bonchev–Trinajstić information content (AvgIpc) is 2.74. The molecule has 4 rings (SSSR count). The van der Waals surface area contributed by atoms with Crippen molar-refractivity contribution in [3.63, 3.8) is 0 Å². The number of aromatic nitrogens is 2. The highest BCUT2D eigenvalue weighted by atomic mass is 16.5. The number of fused-ring (bicyclic) bond motifs is 1. The highest BCUT2D eigenvalue weighted by molar-refractivity contribution is 5.90. The van der Waals surface area contributed by atoms with Crippen molar-refractivity contribution in [1.82, 2.24) is 9.97 Å². The third-order valence-electron chi connectivity index (χ3n) is 4.53. The van der Waals surface area contributed by atoms with E-state index in [0.29, 0.717) is 12.5 Å². The van der Waals surface area contributed by atoms with E-state index in [1.54, 1.807) is 7.11 Å². The van der Waals surface area contributed by atoms with Crippen LogP contribution in [0, 0.1) is 6.92 Å². The summed E-state index contributed by atoms with van der Waals surface area (Å²) in [6.07, 6.45) is 0. The van der Waals surface area contributed by atoms with Crippen LogP contribution in [0.25, 0.3) is 10.9 Å². The van der Waals surface area contributed by atoms with E-state index >= 15 is 0 Å². The molecule has 0 unspecified atom stereocenters. The van der Waals surface area contributed by atoms with Crippen LogP contribution in [0.15, 0.2) is 72.8 Å². The average molecular weight is 370 g/mol. The number of rotatable bonds is 6. The second kappa shape index (κ2) is 7.96. The van der Waals surface area contributed by atoms with Crippen molar-refractivity contribution in [1.29, 1.82) is 0 Å². The van der Waals surface area contributed by atoms with Crippen molar-refractivity contribution >= 4 is 28.4 Å². The first-order chi connectivity index (χ1) is 13.7. The molecular formula is C23H22N4O. The Hall–Kier alpha value is -3.60. The molecule has 0 spiro atoms. The number of nitrogens with zero attached hydrogens (tertiary/aromatic N) is 2. The molecule has 0 aliphatic rings. The Morgan fingerprint density at radius 1 is 0.857 bits per heavy atom. The lowest BCUT2D eigenvalue weighted by Gasteiger charge is -2.12. The van der Waals surface area contributed by atoms with Crippen LogP contribution >= 0.6 is 0 Å². The second-order valence-corrected chi connectivity index (χ2v) is 6.61. The van der Waals surface area contributed by atoms with Gasteiger partial charge in [-0.2, -0.15) is 4.98 Å². The molecule has 28 heavy (non-hydrogen) atoms. The zero-order valence-electron chi connectivity index (χ0n) is 15.9. The molecule has 5 nitrogen and oxygen atoms in total. The lowest BCUT2D eigenvalue weighted by atomic mass is 10.1. The quantitative estimate of drug-likeness (QED) is 0.482. The fourth-order valence-electron chi connectivity index (χ4n) is 2.96. The van der Waals surface area contributed by atoms with Crippen molar-refractivity contribution in [2.45, 2.75) is 13.5 Å². The van der Waals surface area contributed by atoms with Crippen LogP contribution in [-0.2, 0) is 6.54 Å². The zero-order chi connectivity index (χ0) is 19.3. The Morgan fingerprint density at radius 3 is 2.36 bits per heavy atom. The van der Waals surface area contributed by atoms with E-state index in [4.69, 9.17) is 9.72 Å². The largest absolute Gasteiger partial charge is 0.497 e. The van der Waals surface area contributed by atoms with Gasteiger partial charge in [0.05, 0.1) is 12.6 Å². The molecule has 4 aromatic rings. The molecule has 0 saturated heterocycles. The van der Waals surface area contributed by atoms with Gasteiger partial charge in [0.1, 0.15) is 11.6 Å². The first-order valence-electron chi connectivity index (χ1n) is 9.18. The summed E-state index contributed by atoms with van der Waals surface area (Å²) in [5.74, 6) is 2.17. The normalized spacial score (nSPS) is 10.6. The number of anilines is 3.